The summed E-state index contributed by atoms with van der Waals surface area (Å²) in [5, 5.41) is 18.3. The molecule has 6 heteroatoms. The number of hydrogen-bond donors (Lipinski definition) is 2. The van der Waals surface area contributed by atoms with Gasteiger partial charge in [0.1, 0.15) is 11.7 Å². The highest BCUT2D eigenvalue weighted by atomic mass is 16.6. The fourth-order valence-electron chi connectivity index (χ4n) is 1.24. The van der Waals surface area contributed by atoms with E-state index in [-0.39, 0.29) is 6.42 Å². The predicted octanol–water partition coefficient (Wildman–Crippen LogP) is 0.948. The van der Waals surface area contributed by atoms with Crippen molar-refractivity contribution in [3.63, 3.8) is 0 Å². The first-order valence-electron chi connectivity index (χ1n) is 6.48. The van der Waals surface area contributed by atoms with Gasteiger partial charge in [-0.25, -0.2) is 4.79 Å². The maximum atomic E-state index is 11.5. The number of carbonyl (C=O) groups is 2. The van der Waals surface area contributed by atoms with E-state index in [4.69, 9.17) is 14.6 Å². The monoisotopic (exact) mass is 288 g/mol. The zero-order valence-electron chi connectivity index (χ0n) is 12.6. The smallest absolute Gasteiger partial charge is 0.330 e. The second-order valence-corrected chi connectivity index (χ2v) is 5.63. The molecule has 0 spiro atoms. The Morgan fingerprint density at radius 3 is 2.20 bits per heavy atom. The van der Waals surface area contributed by atoms with Gasteiger partial charge in [0.25, 0.3) is 0 Å². The van der Waals surface area contributed by atoms with Gasteiger partial charge in [-0.2, -0.15) is 0 Å². The van der Waals surface area contributed by atoms with Crippen molar-refractivity contribution in [1.29, 1.82) is 0 Å². The lowest BCUT2D eigenvalue weighted by Crippen LogP contribution is -2.27. The van der Waals surface area contributed by atoms with E-state index in [0.29, 0.717) is 0 Å². The zero-order chi connectivity index (χ0) is 15.9. The van der Waals surface area contributed by atoms with E-state index in [9.17, 15) is 14.7 Å². The van der Waals surface area contributed by atoms with Crippen molar-refractivity contribution in [3.8, 4) is 0 Å². The highest BCUT2D eigenvalue weighted by Gasteiger charge is 2.20. The van der Waals surface area contributed by atoms with Crippen molar-refractivity contribution in [1.82, 2.24) is 0 Å². The normalized spacial score (nSPS) is 16.6. The molecule has 2 N–H and O–H groups in total. The van der Waals surface area contributed by atoms with E-state index in [1.165, 1.54) is 6.92 Å². The van der Waals surface area contributed by atoms with Crippen LogP contribution in [0.1, 0.15) is 41.0 Å². The lowest BCUT2D eigenvalue weighted by molar-refractivity contribution is -0.159. The summed E-state index contributed by atoms with van der Waals surface area (Å²) >= 11 is 0. The molecule has 0 aromatic carbocycles. The molecule has 0 unspecified atom stereocenters. The maximum absolute atomic E-state index is 11.5. The van der Waals surface area contributed by atoms with Crippen LogP contribution in [0.5, 0.6) is 0 Å². The van der Waals surface area contributed by atoms with E-state index in [1.807, 2.05) is 0 Å². The van der Waals surface area contributed by atoms with Crippen LogP contribution in [0, 0.1) is 0 Å². The van der Waals surface area contributed by atoms with Gasteiger partial charge >= 0.3 is 11.9 Å². The second kappa shape index (κ2) is 8.01. The topological polar surface area (TPSA) is 93.1 Å². The Morgan fingerprint density at radius 2 is 1.75 bits per heavy atom. The summed E-state index contributed by atoms with van der Waals surface area (Å²) in [5.74, 6) is -1.15. The SMILES string of the molecule is C[C@H](CC(=O)OC(C)(C)C)OC(=O)/C=C/[C@@H](O)[C@H](C)O. The first-order chi connectivity index (χ1) is 9.01. The van der Waals surface area contributed by atoms with Gasteiger partial charge in [0, 0.05) is 6.08 Å². The summed E-state index contributed by atoms with van der Waals surface area (Å²) in [4.78, 5) is 22.9. The summed E-state index contributed by atoms with van der Waals surface area (Å²) in [6, 6.07) is 0. The highest BCUT2D eigenvalue weighted by Crippen LogP contribution is 2.10. The van der Waals surface area contributed by atoms with E-state index < -0.39 is 35.9 Å². The first kappa shape index (κ1) is 18.6. The Hall–Kier alpha value is -1.40. The van der Waals surface area contributed by atoms with Crippen LogP contribution in [0.25, 0.3) is 0 Å². The van der Waals surface area contributed by atoms with Gasteiger partial charge in [0.2, 0.25) is 0 Å². The quantitative estimate of drug-likeness (QED) is 0.558. The molecule has 0 radical (unpaired) electrons. The number of rotatable bonds is 6. The lowest BCUT2D eigenvalue weighted by atomic mass is 10.2. The molecule has 0 heterocycles. The minimum absolute atomic E-state index is 0.0458. The number of aliphatic hydroxyl groups is 2. The molecule has 3 atom stereocenters. The second-order valence-electron chi connectivity index (χ2n) is 5.63. The first-order valence-corrected chi connectivity index (χ1v) is 6.48. The summed E-state index contributed by atoms with van der Waals surface area (Å²) in [6.45, 7) is 8.22. The van der Waals surface area contributed by atoms with Crippen molar-refractivity contribution in [2.24, 2.45) is 0 Å². The Balaban J connectivity index is 4.18. The van der Waals surface area contributed by atoms with Crippen LogP contribution in [0.2, 0.25) is 0 Å². The van der Waals surface area contributed by atoms with Crippen LogP contribution in [-0.4, -0.2) is 46.1 Å². The van der Waals surface area contributed by atoms with Crippen LogP contribution in [-0.2, 0) is 19.1 Å². The van der Waals surface area contributed by atoms with Gasteiger partial charge in [-0.3, -0.25) is 4.79 Å². The number of esters is 2. The molecule has 0 aliphatic heterocycles. The molecule has 0 aromatic rings. The summed E-state index contributed by atoms with van der Waals surface area (Å²) < 4.78 is 10.0. The fraction of sp³-hybridized carbons (Fsp3) is 0.714. The number of aliphatic hydroxyl groups excluding tert-OH is 2. The molecular weight excluding hydrogens is 264 g/mol. The minimum atomic E-state index is -1.14. The van der Waals surface area contributed by atoms with Crippen LogP contribution in [0.4, 0.5) is 0 Å². The van der Waals surface area contributed by atoms with E-state index in [0.717, 1.165) is 12.2 Å². The van der Waals surface area contributed by atoms with Crippen LogP contribution >= 0.6 is 0 Å². The van der Waals surface area contributed by atoms with Gasteiger partial charge in [-0.1, -0.05) is 0 Å². The van der Waals surface area contributed by atoms with E-state index in [1.54, 1.807) is 27.7 Å². The average Bonchev–Trinajstić information content (AvgIpc) is 2.22. The van der Waals surface area contributed by atoms with Gasteiger partial charge in [0.05, 0.1) is 18.6 Å². The standard InChI is InChI=1S/C14H24O6/c1-9(8-13(18)20-14(3,4)5)19-12(17)7-6-11(16)10(2)15/h6-7,9-11,15-16H,8H2,1-5H3/b7-6+/t9-,10+,11-/m1/s1. The average molecular weight is 288 g/mol. The third kappa shape index (κ3) is 9.52. The predicted molar refractivity (Wildman–Crippen MR) is 72.8 cm³/mol. The number of ether oxygens (including phenoxy) is 2. The Bertz CT molecular complexity index is 353. The molecule has 0 bridgehead atoms. The molecule has 6 nitrogen and oxygen atoms in total. The highest BCUT2D eigenvalue weighted by molar-refractivity contribution is 5.82. The molecule has 0 fully saturated rings. The number of carbonyl (C=O) groups excluding carboxylic acids is 2. The van der Waals surface area contributed by atoms with E-state index in [2.05, 4.69) is 0 Å². The summed E-state index contributed by atoms with van der Waals surface area (Å²) in [6.07, 6.45) is -0.640. The largest absolute Gasteiger partial charge is 0.460 e. The minimum Gasteiger partial charge on any atom is -0.460 e. The molecule has 0 rings (SSSR count). The van der Waals surface area contributed by atoms with Crippen molar-refractivity contribution >= 4 is 11.9 Å². The van der Waals surface area contributed by atoms with Gasteiger partial charge < -0.3 is 19.7 Å². The molecule has 0 aromatic heterocycles. The molecule has 0 aliphatic carbocycles. The zero-order valence-corrected chi connectivity index (χ0v) is 12.6. The molecular formula is C14H24O6. The molecule has 116 valence electrons. The third-order valence-corrected chi connectivity index (χ3v) is 2.12. The van der Waals surface area contributed by atoms with Gasteiger partial charge in [0.15, 0.2) is 0 Å². The van der Waals surface area contributed by atoms with Crippen molar-refractivity contribution in [2.45, 2.75) is 65.0 Å². The van der Waals surface area contributed by atoms with Crippen LogP contribution in [0.3, 0.4) is 0 Å². The Labute approximate surface area is 119 Å². The Morgan fingerprint density at radius 1 is 1.20 bits per heavy atom. The van der Waals surface area contributed by atoms with Crippen LogP contribution in [0.15, 0.2) is 12.2 Å². The van der Waals surface area contributed by atoms with Crippen molar-refractivity contribution in [2.75, 3.05) is 0 Å². The van der Waals surface area contributed by atoms with Gasteiger partial charge in [-0.05, 0) is 40.7 Å². The third-order valence-electron chi connectivity index (χ3n) is 2.12. The Kier molecular flexibility index (Phi) is 7.45. The van der Waals surface area contributed by atoms with Gasteiger partial charge in [-0.15, -0.1) is 0 Å². The maximum Gasteiger partial charge on any atom is 0.330 e. The molecule has 0 aliphatic rings. The van der Waals surface area contributed by atoms with E-state index >= 15 is 0 Å². The summed E-state index contributed by atoms with van der Waals surface area (Å²) in [5.41, 5.74) is -0.581. The molecule has 0 saturated heterocycles. The van der Waals surface area contributed by atoms with Crippen molar-refractivity contribution in [3.05, 3.63) is 12.2 Å². The fourth-order valence-corrected chi connectivity index (χ4v) is 1.24. The molecule has 20 heavy (non-hydrogen) atoms. The lowest BCUT2D eigenvalue weighted by Gasteiger charge is -2.20. The number of hydrogen-bond acceptors (Lipinski definition) is 6. The van der Waals surface area contributed by atoms with Crippen LogP contribution < -0.4 is 0 Å². The summed E-state index contributed by atoms with van der Waals surface area (Å²) in [7, 11) is 0. The van der Waals surface area contributed by atoms with Crippen molar-refractivity contribution < 1.29 is 29.3 Å². The molecule has 0 saturated carbocycles. The molecule has 0 amide bonds.